The molecule has 0 bridgehead atoms. The van der Waals surface area contributed by atoms with Crippen LogP contribution in [0.25, 0.3) is 0 Å². The van der Waals surface area contributed by atoms with Crippen LogP contribution >= 0.6 is 0 Å². The summed E-state index contributed by atoms with van der Waals surface area (Å²) in [5.74, 6) is 1.95. The molecule has 2 rings (SSSR count). The molecule has 0 amide bonds. The molecule has 0 aliphatic rings. The number of ether oxygens (including phenoxy) is 1. The fourth-order valence-corrected chi connectivity index (χ4v) is 1.92. The molecule has 4 nitrogen and oxygen atoms in total. The van der Waals surface area contributed by atoms with Crippen LogP contribution in [-0.2, 0) is 6.54 Å². The van der Waals surface area contributed by atoms with E-state index >= 15 is 0 Å². The van der Waals surface area contributed by atoms with E-state index in [0.717, 1.165) is 17.1 Å². The molecule has 2 aromatic rings. The number of benzene rings is 1. The van der Waals surface area contributed by atoms with Gasteiger partial charge in [-0.15, -0.1) is 0 Å². The zero-order valence-corrected chi connectivity index (χ0v) is 12.8. The van der Waals surface area contributed by atoms with Crippen LogP contribution in [0.3, 0.4) is 0 Å². The molecule has 1 aromatic heterocycles. The third kappa shape index (κ3) is 3.76. The lowest BCUT2D eigenvalue weighted by Gasteiger charge is -2.13. The molecule has 0 aliphatic carbocycles. The van der Waals surface area contributed by atoms with E-state index < -0.39 is 0 Å². The van der Waals surface area contributed by atoms with Gasteiger partial charge in [0.1, 0.15) is 23.1 Å². The van der Waals surface area contributed by atoms with Gasteiger partial charge in [0.2, 0.25) is 0 Å². The molecule has 112 valence electrons. The number of halogens is 1. The van der Waals surface area contributed by atoms with Gasteiger partial charge in [0.25, 0.3) is 0 Å². The molecular weight excluding hydrogens is 269 g/mol. The fraction of sp³-hybridized carbons (Fsp3) is 0.375. The largest absolute Gasteiger partial charge is 0.453 e. The molecular formula is C16H20FN3O. The molecule has 0 radical (unpaired) electrons. The summed E-state index contributed by atoms with van der Waals surface area (Å²) in [5, 5.41) is 3.07. The number of rotatable bonds is 5. The summed E-state index contributed by atoms with van der Waals surface area (Å²) in [6.45, 7) is 6.48. The third-order valence-corrected chi connectivity index (χ3v) is 3.07. The van der Waals surface area contributed by atoms with Crippen molar-refractivity contribution in [3.8, 4) is 11.5 Å². The van der Waals surface area contributed by atoms with Crippen molar-refractivity contribution in [2.75, 3.05) is 7.05 Å². The Bertz CT molecular complexity index is 629. The summed E-state index contributed by atoms with van der Waals surface area (Å²) in [6, 6.07) is 4.43. The van der Waals surface area contributed by atoms with Gasteiger partial charge in [0, 0.05) is 12.5 Å². The Hall–Kier alpha value is -2.01. The van der Waals surface area contributed by atoms with Gasteiger partial charge in [-0.2, -0.15) is 0 Å². The molecule has 0 atom stereocenters. The normalized spacial score (nSPS) is 11.0. The second-order valence-electron chi connectivity index (χ2n) is 5.24. The van der Waals surface area contributed by atoms with Crippen LogP contribution in [0, 0.1) is 12.7 Å². The van der Waals surface area contributed by atoms with Crippen molar-refractivity contribution < 1.29 is 9.13 Å². The Morgan fingerprint density at radius 3 is 2.67 bits per heavy atom. The van der Waals surface area contributed by atoms with Crippen LogP contribution in [0.5, 0.6) is 11.5 Å². The lowest BCUT2D eigenvalue weighted by molar-refractivity contribution is 0.459. The van der Waals surface area contributed by atoms with Crippen LogP contribution in [0.15, 0.2) is 24.4 Å². The fourth-order valence-electron chi connectivity index (χ4n) is 1.92. The molecule has 1 N–H and O–H groups in total. The maximum absolute atomic E-state index is 13.1. The molecule has 0 aliphatic heterocycles. The minimum absolute atomic E-state index is 0.252. The minimum atomic E-state index is -0.276. The van der Waals surface area contributed by atoms with Gasteiger partial charge >= 0.3 is 0 Å². The number of hydrogen-bond donors (Lipinski definition) is 1. The summed E-state index contributed by atoms with van der Waals surface area (Å²) in [6.07, 6.45) is 1.68. The smallest absolute Gasteiger partial charge is 0.168 e. The lowest BCUT2D eigenvalue weighted by Crippen LogP contribution is -2.11. The highest BCUT2D eigenvalue weighted by atomic mass is 19.1. The van der Waals surface area contributed by atoms with E-state index in [1.807, 2.05) is 20.9 Å². The summed E-state index contributed by atoms with van der Waals surface area (Å²) < 4.78 is 19.0. The minimum Gasteiger partial charge on any atom is -0.453 e. The van der Waals surface area contributed by atoms with Crippen molar-refractivity contribution in [3.63, 3.8) is 0 Å². The maximum Gasteiger partial charge on any atom is 0.168 e. The van der Waals surface area contributed by atoms with Gasteiger partial charge in [0.15, 0.2) is 5.75 Å². The van der Waals surface area contributed by atoms with E-state index in [1.165, 1.54) is 12.1 Å². The molecule has 0 spiro atoms. The standard InChI is InChI=1S/C16H20FN3O/c1-10(2)16-19-9-15(13(20-16)8-18-4)21-14-6-5-12(17)7-11(14)3/h5-7,9-10,18H,8H2,1-4H3. The molecule has 0 saturated carbocycles. The number of nitrogens with zero attached hydrogens (tertiary/aromatic N) is 2. The van der Waals surface area contributed by atoms with E-state index in [1.54, 1.807) is 19.2 Å². The summed E-state index contributed by atoms with van der Waals surface area (Å²) in [7, 11) is 1.85. The Balaban J connectivity index is 2.34. The number of aryl methyl sites for hydroxylation is 1. The molecule has 0 saturated heterocycles. The van der Waals surface area contributed by atoms with E-state index in [-0.39, 0.29) is 11.7 Å². The molecule has 0 unspecified atom stereocenters. The van der Waals surface area contributed by atoms with Crippen molar-refractivity contribution in [2.45, 2.75) is 33.2 Å². The summed E-state index contributed by atoms with van der Waals surface area (Å²) in [4.78, 5) is 8.86. The van der Waals surface area contributed by atoms with E-state index in [2.05, 4.69) is 15.3 Å². The topological polar surface area (TPSA) is 47.0 Å². The molecule has 5 heteroatoms. The molecule has 21 heavy (non-hydrogen) atoms. The summed E-state index contributed by atoms with van der Waals surface area (Å²) in [5.41, 5.74) is 1.53. The monoisotopic (exact) mass is 289 g/mol. The Kier molecular flexibility index (Phi) is 4.85. The second-order valence-corrected chi connectivity index (χ2v) is 5.24. The van der Waals surface area contributed by atoms with Crippen LogP contribution < -0.4 is 10.1 Å². The van der Waals surface area contributed by atoms with Gasteiger partial charge in [-0.05, 0) is 37.7 Å². The van der Waals surface area contributed by atoms with Gasteiger partial charge in [0.05, 0.1) is 6.20 Å². The Labute approximate surface area is 124 Å². The first-order chi connectivity index (χ1) is 10.0. The van der Waals surface area contributed by atoms with Gasteiger partial charge in [-0.25, -0.2) is 14.4 Å². The SMILES string of the molecule is CNCc1nc(C(C)C)ncc1Oc1ccc(F)cc1C. The predicted molar refractivity (Wildman–Crippen MR) is 80.1 cm³/mol. The molecule has 1 heterocycles. The molecule has 1 aromatic carbocycles. The zero-order valence-electron chi connectivity index (χ0n) is 12.8. The number of hydrogen-bond acceptors (Lipinski definition) is 4. The average molecular weight is 289 g/mol. The Morgan fingerprint density at radius 2 is 2.05 bits per heavy atom. The molecule has 0 fully saturated rings. The van der Waals surface area contributed by atoms with Crippen molar-refractivity contribution in [3.05, 3.63) is 47.3 Å². The van der Waals surface area contributed by atoms with Gasteiger partial charge < -0.3 is 10.1 Å². The third-order valence-electron chi connectivity index (χ3n) is 3.07. The van der Waals surface area contributed by atoms with Crippen molar-refractivity contribution >= 4 is 0 Å². The van der Waals surface area contributed by atoms with Crippen molar-refractivity contribution in [1.29, 1.82) is 0 Å². The van der Waals surface area contributed by atoms with Crippen LogP contribution in [-0.4, -0.2) is 17.0 Å². The van der Waals surface area contributed by atoms with Crippen LogP contribution in [0.4, 0.5) is 4.39 Å². The van der Waals surface area contributed by atoms with Crippen molar-refractivity contribution in [2.24, 2.45) is 0 Å². The Morgan fingerprint density at radius 1 is 1.29 bits per heavy atom. The van der Waals surface area contributed by atoms with Gasteiger partial charge in [-0.1, -0.05) is 13.8 Å². The first-order valence-electron chi connectivity index (χ1n) is 6.95. The van der Waals surface area contributed by atoms with Crippen molar-refractivity contribution in [1.82, 2.24) is 15.3 Å². The first-order valence-corrected chi connectivity index (χ1v) is 6.95. The zero-order chi connectivity index (χ0) is 15.4. The highest BCUT2D eigenvalue weighted by molar-refractivity contribution is 5.38. The summed E-state index contributed by atoms with van der Waals surface area (Å²) >= 11 is 0. The second kappa shape index (κ2) is 6.63. The van der Waals surface area contributed by atoms with Crippen LogP contribution in [0.2, 0.25) is 0 Å². The highest BCUT2D eigenvalue weighted by Gasteiger charge is 2.12. The predicted octanol–water partition coefficient (Wildman–Crippen LogP) is 3.56. The van der Waals surface area contributed by atoms with E-state index in [9.17, 15) is 4.39 Å². The number of aromatic nitrogens is 2. The number of nitrogens with one attached hydrogen (secondary N) is 1. The quantitative estimate of drug-likeness (QED) is 0.914. The van der Waals surface area contributed by atoms with E-state index in [4.69, 9.17) is 4.74 Å². The lowest BCUT2D eigenvalue weighted by atomic mass is 10.2. The van der Waals surface area contributed by atoms with Crippen LogP contribution in [0.1, 0.15) is 36.8 Å². The van der Waals surface area contributed by atoms with E-state index in [0.29, 0.717) is 18.0 Å². The van der Waals surface area contributed by atoms with Gasteiger partial charge in [-0.3, -0.25) is 0 Å². The maximum atomic E-state index is 13.1. The first kappa shape index (κ1) is 15.4. The average Bonchev–Trinajstić information content (AvgIpc) is 2.43. The highest BCUT2D eigenvalue weighted by Crippen LogP contribution is 2.27.